The molecule has 160 valence electrons. The first-order valence-electron chi connectivity index (χ1n) is 11.8. The molecule has 1 spiro atoms. The number of carbonyl (C=O) groups is 1. The molecule has 0 amide bonds. The Balaban J connectivity index is 1.21. The summed E-state index contributed by atoms with van der Waals surface area (Å²) in [4.78, 5) is 17.6. The number of carbonyl (C=O) groups excluding carboxylic acids is 1. The van der Waals surface area contributed by atoms with Crippen LogP contribution in [-0.4, -0.2) is 49.7 Å². The van der Waals surface area contributed by atoms with Crippen LogP contribution >= 0.6 is 0 Å². The van der Waals surface area contributed by atoms with Gasteiger partial charge < -0.3 is 9.64 Å². The quantitative estimate of drug-likeness (QED) is 0.633. The van der Waals surface area contributed by atoms with Gasteiger partial charge >= 0.3 is 5.97 Å². The normalized spacial score (nSPS) is 25.0. The highest BCUT2D eigenvalue weighted by molar-refractivity contribution is 5.79. The van der Waals surface area contributed by atoms with Crippen LogP contribution in [0.4, 0.5) is 5.69 Å². The van der Waals surface area contributed by atoms with E-state index in [1.807, 2.05) is 0 Å². The molecule has 2 heterocycles. The highest BCUT2D eigenvalue weighted by Crippen LogP contribution is 2.46. The number of benzene rings is 1. The molecule has 1 aromatic rings. The van der Waals surface area contributed by atoms with Crippen molar-refractivity contribution in [3.05, 3.63) is 29.8 Å². The van der Waals surface area contributed by atoms with Crippen LogP contribution in [0.5, 0.6) is 0 Å². The lowest BCUT2D eigenvalue weighted by Gasteiger charge is -2.37. The summed E-state index contributed by atoms with van der Waals surface area (Å²) < 4.78 is 5.79. The zero-order chi connectivity index (χ0) is 20.3. The van der Waals surface area contributed by atoms with Gasteiger partial charge in [-0.1, -0.05) is 51.3 Å². The summed E-state index contributed by atoms with van der Waals surface area (Å²) in [6.45, 7) is 10.1. The van der Waals surface area contributed by atoms with Crippen LogP contribution in [-0.2, 0) is 9.53 Å². The largest absolute Gasteiger partial charge is 0.462 e. The van der Waals surface area contributed by atoms with Crippen molar-refractivity contribution in [1.29, 1.82) is 0 Å². The molecule has 4 nitrogen and oxygen atoms in total. The molecule has 3 fully saturated rings. The number of ether oxygens (including phenoxy) is 1. The van der Waals surface area contributed by atoms with Gasteiger partial charge in [-0.2, -0.15) is 0 Å². The van der Waals surface area contributed by atoms with Gasteiger partial charge in [0, 0.05) is 38.3 Å². The summed E-state index contributed by atoms with van der Waals surface area (Å²) in [5.74, 6) is 0.672. The minimum absolute atomic E-state index is 0.111. The van der Waals surface area contributed by atoms with Crippen LogP contribution in [0, 0.1) is 5.41 Å². The molecule has 2 saturated heterocycles. The van der Waals surface area contributed by atoms with E-state index in [0.717, 1.165) is 64.8 Å². The predicted molar refractivity (Wildman–Crippen MR) is 118 cm³/mol. The molecule has 29 heavy (non-hydrogen) atoms. The van der Waals surface area contributed by atoms with Crippen molar-refractivity contribution in [1.82, 2.24) is 4.90 Å². The van der Waals surface area contributed by atoms with Gasteiger partial charge in [0.15, 0.2) is 0 Å². The lowest BCUT2D eigenvalue weighted by atomic mass is 9.72. The van der Waals surface area contributed by atoms with Gasteiger partial charge in [-0.25, -0.2) is 0 Å². The van der Waals surface area contributed by atoms with E-state index in [1.54, 1.807) is 0 Å². The molecular formula is C25H38N2O2. The van der Waals surface area contributed by atoms with Gasteiger partial charge in [0.2, 0.25) is 0 Å². The summed E-state index contributed by atoms with van der Waals surface area (Å²) >= 11 is 0. The van der Waals surface area contributed by atoms with E-state index in [0.29, 0.717) is 5.92 Å². The van der Waals surface area contributed by atoms with Crippen molar-refractivity contribution in [3.63, 3.8) is 0 Å². The number of hydrogen-bond acceptors (Lipinski definition) is 4. The summed E-state index contributed by atoms with van der Waals surface area (Å²) in [5.41, 5.74) is 2.76. The second-order valence-corrected chi connectivity index (χ2v) is 9.76. The minimum Gasteiger partial charge on any atom is -0.462 e. The summed E-state index contributed by atoms with van der Waals surface area (Å²) in [5, 5.41) is 0. The predicted octanol–water partition coefficient (Wildman–Crippen LogP) is 4.98. The Bertz CT molecular complexity index is 688. The fourth-order valence-corrected chi connectivity index (χ4v) is 5.65. The van der Waals surface area contributed by atoms with Crippen LogP contribution in [0.25, 0.3) is 0 Å². The Labute approximate surface area is 176 Å². The molecule has 2 aliphatic heterocycles. The molecule has 1 aromatic carbocycles. The third-order valence-electron chi connectivity index (χ3n) is 7.41. The molecule has 0 N–H and O–H groups in total. The molecule has 4 heteroatoms. The monoisotopic (exact) mass is 398 g/mol. The molecular weight excluding hydrogens is 360 g/mol. The Kier molecular flexibility index (Phi) is 6.48. The third-order valence-corrected chi connectivity index (χ3v) is 7.41. The van der Waals surface area contributed by atoms with Crippen LogP contribution in [0.15, 0.2) is 24.3 Å². The maximum Gasteiger partial charge on any atom is 0.312 e. The third kappa shape index (κ3) is 4.63. The molecule has 1 atom stereocenters. The van der Waals surface area contributed by atoms with Crippen molar-refractivity contribution in [2.24, 2.45) is 5.41 Å². The van der Waals surface area contributed by atoms with E-state index < -0.39 is 0 Å². The second-order valence-electron chi connectivity index (χ2n) is 9.76. The number of rotatable bonds is 6. The van der Waals surface area contributed by atoms with Crippen molar-refractivity contribution in [2.45, 2.75) is 77.2 Å². The fraction of sp³-hybridized carbons (Fsp3) is 0.720. The molecule has 0 unspecified atom stereocenters. The molecule has 4 rings (SSSR count). The lowest BCUT2D eigenvalue weighted by Crippen LogP contribution is -2.47. The van der Waals surface area contributed by atoms with E-state index in [9.17, 15) is 4.79 Å². The van der Waals surface area contributed by atoms with Gasteiger partial charge in [0.25, 0.3) is 0 Å². The number of cyclic esters (lactones) is 1. The number of hydrogen-bond donors (Lipinski definition) is 0. The maximum atomic E-state index is 12.4. The molecule has 0 bridgehead atoms. The van der Waals surface area contributed by atoms with Crippen LogP contribution in [0.1, 0.15) is 76.7 Å². The highest BCUT2D eigenvalue weighted by atomic mass is 16.6. The molecule has 1 aliphatic carbocycles. The fourth-order valence-electron chi connectivity index (χ4n) is 5.65. The van der Waals surface area contributed by atoms with Crippen LogP contribution in [0.3, 0.4) is 0 Å². The topological polar surface area (TPSA) is 32.8 Å². The second kappa shape index (κ2) is 9.07. The number of anilines is 1. The van der Waals surface area contributed by atoms with Gasteiger partial charge in [0.1, 0.15) is 6.10 Å². The highest BCUT2D eigenvalue weighted by Gasteiger charge is 2.48. The van der Waals surface area contributed by atoms with E-state index in [-0.39, 0.29) is 17.5 Å². The Morgan fingerprint density at radius 3 is 2.52 bits per heavy atom. The van der Waals surface area contributed by atoms with Crippen LogP contribution in [0.2, 0.25) is 0 Å². The maximum absolute atomic E-state index is 12.4. The first kappa shape index (κ1) is 20.7. The number of esters is 1. The van der Waals surface area contributed by atoms with Crippen molar-refractivity contribution in [2.75, 3.05) is 37.6 Å². The molecule has 0 radical (unpaired) electrons. The standard InChI is InChI=1S/C25H38N2O2/c1-20(2)22-10-4-5-11-23(22)27-17-15-26(16-18-27)14-8-9-21-19-25(24(28)29-21)12-6-3-7-13-25/h4-5,10-11,20-21H,3,6-9,12-19H2,1-2H3/t21-/m0/s1. The first-order valence-corrected chi connectivity index (χ1v) is 11.8. The van der Waals surface area contributed by atoms with Gasteiger partial charge in [0.05, 0.1) is 5.41 Å². The molecule has 3 aliphatic rings. The Morgan fingerprint density at radius 2 is 1.79 bits per heavy atom. The summed E-state index contributed by atoms with van der Waals surface area (Å²) in [6, 6.07) is 8.87. The Morgan fingerprint density at radius 1 is 1.07 bits per heavy atom. The number of piperazine rings is 1. The smallest absolute Gasteiger partial charge is 0.312 e. The van der Waals surface area contributed by atoms with Crippen molar-refractivity contribution >= 4 is 11.7 Å². The average Bonchev–Trinajstić information content (AvgIpc) is 3.03. The molecule has 1 saturated carbocycles. The van der Waals surface area contributed by atoms with E-state index in [4.69, 9.17) is 4.74 Å². The van der Waals surface area contributed by atoms with Crippen LogP contribution < -0.4 is 4.90 Å². The minimum atomic E-state index is -0.113. The van der Waals surface area contributed by atoms with E-state index in [2.05, 4.69) is 47.9 Å². The van der Waals surface area contributed by atoms with E-state index >= 15 is 0 Å². The van der Waals surface area contributed by atoms with Gasteiger partial charge in [-0.05, 0) is 49.8 Å². The summed E-state index contributed by atoms with van der Waals surface area (Å²) in [6.07, 6.45) is 9.11. The number of para-hydroxylation sites is 1. The zero-order valence-corrected chi connectivity index (χ0v) is 18.4. The zero-order valence-electron chi connectivity index (χ0n) is 18.4. The van der Waals surface area contributed by atoms with Crippen molar-refractivity contribution < 1.29 is 9.53 Å². The Hall–Kier alpha value is -1.55. The van der Waals surface area contributed by atoms with Crippen molar-refractivity contribution in [3.8, 4) is 0 Å². The first-order chi connectivity index (χ1) is 14.1. The average molecular weight is 399 g/mol. The van der Waals surface area contributed by atoms with E-state index in [1.165, 1.54) is 30.5 Å². The van der Waals surface area contributed by atoms with Gasteiger partial charge in [-0.3, -0.25) is 9.69 Å². The number of nitrogens with zero attached hydrogens (tertiary/aromatic N) is 2. The van der Waals surface area contributed by atoms with Gasteiger partial charge in [-0.15, -0.1) is 0 Å². The summed E-state index contributed by atoms with van der Waals surface area (Å²) in [7, 11) is 0. The lowest BCUT2D eigenvalue weighted by molar-refractivity contribution is -0.150. The SMILES string of the molecule is CC(C)c1ccccc1N1CCN(CCC[C@H]2CC3(CCCCC3)C(=O)O2)CC1. The molecule has 0 aromatic heterocycles.